The maximum absolute atomic E-state index is 12.9. The van der Waals surface area contributed by atoms with Crippen molar-refractivity contribution in [2.45, 2.75) is 424 Å². The Morgan fingerprint density at radius 2 is 0.600 bits per heavy atom. The molecule has 0 amide bonds. The second kappa shape index (κ2) is 75.9. The SMILES string of the molecule is CC/C=C\C/C=C\C/C=C\C/C=C\C/C=C\CCCCCCCCCCCCCCCCCCCCCCCCCC(=O)OC(COC(=O)CCCCCCCCCCCCCCCCCCCCCCCCCCCCCCCCCC)COP(=O)([O-])OCC[N+](C)(C)C. The van der Waals surface area contributed by atoms with Crippen LogP contribution in [0, 0.1) is 0 Å². The number of phosphoric ester groups is 1. The molecular weight excluding hydrogens is 1190 g/mol. The number of phosphoric acid groups is 1. The standard InChI is InChI=1S/C85H160NO8P/c1-6-8-10-12-14-16-18-20-22-24-26-28-30-32-34-36-38-40-41-42-43-44-45-46-48-50-52-54-56-58-60-62-64-66-68-70-72-74-76-78-85(88)94-83(82-93-95(89,90)92-80-79-86(3,4)5)81-91-84(87)77-75-73-71-69-67-65-63-61-59-57-55-53-51-49-47-39-37-35-33-31-29-27-25-23-21-19-17-15-13-11-9-7-2/h8,10,14,16,20,22,26,28,32,34,83H,6-7,9,11-13,15,17-19,21,23-25,27,29-31,33,35-82H2,1-5H3/b10-8-,16-14-,22-20-,28-26-,34-32-. The molecule has 0 saturated heterocycles. The van der Waals surface area contributed by atoms with Gasteiger partial charge in [-0.25, -0.2) is 0 Å². The molecule has 0 aliphatic carbocycles. The fourth-order valence-corrected chi connectivity index (χ4v) is 13.2. The van der Waals surface area contributed by atoms with Gasteiger partial charge in [0, 0.05) is 12.8 Å². The van der Waals surface area contributed by atoms with Crippen LogP contribution in [-0.4, -0.2) is 70.0 Å². The summed E-state index contributed by atoms with van der Waals surface area (Å²) in [7, 11) is 1.19. The van der Waals surface area contributed by atoms with E-state index in [1.54, 1.807) is 0 Å². The zero-order valence-corrected chi connectivity index (χ0v) is 64.8. The van der Waals surface area contributed by atoms with E-state index in [4.69, 9.17) is 18.5 Å². The van der Waals surface area contributed by atoms with Gasteiger partial charge in [0.1, 0.15) is 19.8 Å². The van der Waals surface area contributed by atoms with Crippen LogP contribution in [-0.2, 0) is 32.7 Å². The molecule has 0 radical (unpaired) electrons. The summed E-state index contributed by atoms with van der Waals surface area (Å²) in [6.07, 6.45) is 102. The summed E-state index contributed by atoms with van der Waals surface area (Å²) < 4.78 is 34.5. The Kier molecular flexibility index (Phi) is 74.1. The molecule has 9 nitrogen and oxygen atoms in total. The summed E-state index contributed by atoms with van der Waals surface area (Å²) in [5, 5.41) is 0. The van der Waals surface area contributed by atoms with Gasteiger partial charge in [0.25, 0.3) is 7.82 Å². The summed E-state index contributed by atoms with van der Waals surface area (Å²) in [5.41, 5.74) is 0. The summed E-state index contributed by atoms with van der Waals surface area (Å²) in [4.78, 5) is 38.2. The summed E-state index contributed by atoms with van der Waals surface area (Å²) in [6, 6.07) is 0. The van der Waals surface area contributed by atoms with Crippen molar-refractivity contribution in [3.05, 3.63) is 60.8 Å². The van der Waals surface area contributed by atoms with Crippen LogP contribution in [0.15, 0.2) is 60.8 Å². The molecular formula is C85H160NO8P. The van der Waals surface area contributed by atoms with Gasteiger partial charge in [0.05, 0.1) is 27.7 Å². The number of esters is 2. The Bertz CT molecular complexity index is 1790. The van der Waals surface area contributed by atoms with Gasteiger partial charge in [-0.1, -0.05) is 408 Å². The van der Waals surface area contributed by atoms with Gasteiger partial charge in [-0.2, -0.15) is 0 Å². The number of rotatable bonds is 78. The zero-order chi connectivity index (χ0) is 69.0. The first-order valence-corrected chi connectivity index (χ1v) is 43.0. The number of allylic oxidation sites excluding steroid dienone is 10. The highest BCUT2D eigenvalue weighted by Crippen LogP contribution is 2.38. The second-order valence-electron chi connectivity index (χ2n) is 29.5. The third-order valence-electron chi connectivity index (χ3n) is 18.8. The minimum absolute atomic E-state index is 0.0277. The molecule has 0 aliphatic heterocycles. The lowest BCUT2D eigenvalue weighted by Crippen LogP contribution is -2.37. The van der Waals surface area contributed by atoms with Crippen LogP contribution < -0.4 is 4.89 Å². The van der Waals surface area contributed by atoms with Gasteiger partial charge >= 0.3 is 11.9 Å². The fourth-order valence-electron chi connectivity index (χ4n) is 12.5. The van der Waals surface area contributed by atoms with Crippen molar-refractivity contribution in [1.29, 1.82) is 0 Å². The smallest absolute Gasteiger partial charge is 0.306 e. The molecule has 0 aliphatic rings. The van der Waals surface area contributed by atoms with Crippen molar-refractivity contribution in [1.82, 2.24) is 0 Å². The van der Waals surface area contributed by atoms with Gasteiger partial charge in [-0.15, -0.1) is 0 Å². The molecule has 0 bridgehead atoms. The molecule has 0 aromatic heterocycles. The van der Waals surface area contributed by atoms with E-state index in [9.17, 15) is 19.0 Å². The van der Waals surface area contributed by atoms with Crippen LogP contribution in [0.2, 0.25) is 0 Å². The molecule has 2 unspecified atom stereocenters. The quantitative estimate of drug-likeness (QED) is 0.0195. The highest BCUT2D eigenvalue weighted by molar-refractivity contribution is 7.45. The molecule has 0 fully saturated rings. The fraction of sp³-hybridized carbons (Fsp3) is 0.859. The molecule has 0 N–H and O–H groups in total. The summed E-state index contributed by atoms with van der Waals surface area (Å²) >= 11 is 0. The first-order chi connectivity index (χ1) is 46.5. The number of likely N-dealkylation sites (N-methyl/N-ethyl adjacent to an activating group) is 1. The topological polar surface area (TPSA) is 111 Å². The Balaban J connectivity index is 3.89. The number of unbranched alkanes of at least 4 members (excludes halogenated alkanes) is 54. The third-order valence-corrected chi connectivity index (χ3v) is 19.8. The minimum Gasteiger partial charge on any atom is -0.756 e. The van der Waals surface area contributed by atoms with Gasteiger partial charge in [-0.3, -0.25) is 14.2 Å². The van der Waals surface area contributed by atoms with Crippen LogP contribution in [0.3, 0.4) is 0 Å². The molecule has 558 valence electrons. The van der Waals surface area contributed by atoms with E-state index in [1.165, 1.54) is 321 Å². The Labute approximate surface area is 591 Å². The lowest BCUT2D eigenvalue weighted by atomic mass is 10.0. The molecule has 10 heteroatoms. The molecule has 0 saturated carbocycles. The number of ether oxygens (including phenoxy) is 2. The van der Waals surface area contributed by atoms with E-state index in [0.717, 1.165) is 64.2 Å². The third kappa shape index (κ3) is 80.6. The van der Waals surface area contributed by atoms with Gasteiger partial charge < -0.3 is 27.9 Å². The first-order valence-electron chi connectivity index (χ1n) is 41.5. The monoisotopic (exact) mass is 1350 g/mol. The van der Waals surface area contributed by atoms with Crippen molar-refractivity contribution < 1.29 is 42.1 Å². The van der Waals surface area contributed by atoms with E-state index in [0.29, 0.717) is 17.4 Å². The highest BCUT2D eigenvalue weighted by Gasteiger charge is 2.22. The Morgan fingerprint density at radius 3 is 0.895 bits per heavy atom. The number of carbonyl (C=O) groups excluding carboxylic acids is 2. The van der Waals surface area contributed by atoms with Gasteiger partial charge in [0.15, 0.2) is 6.10 Å². The average Bonchev–Trinajstić information content (AvgIpc) is 2.18. The summed E-state index contributed by atoms with van der Waals surface area (Å²) in [6.45, 7) is 4.21. The number of hydrogen-bond acceptors (Lipinski definition) is 8. The number of carbonyl (C=O) groups is 2. The van der Waals surface area contributed by atoms with Crippen LogP contribution >= 0.6 is 7.82 Å². The van der Waals surface area contributed by atoms with E-state index in [1.807, 2.05) is 21.1 Å². The van der Waals surface area contributed by atoms with Crippen molar-refractivity contribution in [3.8, 4) is 0 Å². The maximum atomic E-state index is 12.9. The van der Waals surface area contributed by atoms with Gasteiger partial charge in [-0.05, 0) is 57.8 Å². The maximum Gasteiger partial charge on any atom is 0.306 e. The van der Waals surface area contributed by atoms with Gasteiger partial charge in [0.2, 0.25) is 0 Å². The first kappa shape index (κ1) is 92.7. The predicted octanol–water partition coefficient (Wildman–Crippen LogP) is 27.0. The molecule has 0 rings (SSSR count). The van der Waals surface area contributed by atoms with E-state index in [-0.39, 0.29) is 32.0 Å². The van der Waals surface area contributed by atoms with E-state index < -0.39 is 26.5 Å². The van der Waals surface area contributed by atoms with Crippen molar-refractivity contribution >= 4 is 19.8 Å². The number of quaternary nitrogens is 1. The normalized spacial score (nSPS) is 13.3. The molecule has 0 spiro atoms. The molecule has 95 heavy (non-hydrogen) atoms. The van der Waals surface area contributed by atoms with Crippen molar-refractivity contribution in [3.63, 3.8) is 0 Å². The van der Waals surface area contributed by atoms with Crippen LogP contribution in [0.4, 0.5) is 0 Å². The molecule has 2 atom stereocenters. The molecule has 0 aromatic carbocycles. The predicted molar refractivity (Wildman–Crippen MR) is 411 cm³/mol. The lowest BCUT2D eigenvalue weighted by molar-refractivity contribution is -0.870. The second-order valence-corrected chi connectivity index (χ2v) is 30.9. The van der Waals surface area contributed by atoms with Crippen LogP contribution in [0.25, 0.3) is 0 Å². The number of hydrogen-bond donors (Lipinski definition) is 0. The number of nitrogens with zero attached hydrogens (tertiary/aromatic N) is 1. The largest absolute Gasteiger partial charge is 0.756 e. The van der Waals surface area contributed by atoms with Crippen molar-refractivity contribution in [2.24, 2.45) is 0 Å². The Hall–Kier alpha value is -2.29. The van der Waals surface area contributed by atoms with Crippen LogP contribution in [0.5, 0.6) is 0 Å². The molecule has 0 heterocycles. The van der Waals surface area contributed by atoms with Crippen molar-refractivity contribution in [2.75, 3.05) is 47.5 Å². The average molecular weight is 1360 g/mol. The summed E-state index contributed by atoms with van der Waals surface area (Å²) in [5.74, 6) is -0.807. The van der Waals surface area contributed by atoms with E-state index >= 15 is 0 Å². The highest BCUT2D eigenvalue weighted by atomic mass is 31.2. The van der Waals surface area contributed by atoms with E-state index in [2.05, 4.69) is 74.6 Å². The lowest BCUT2D eigenvalue weighted by Gasteiger charge is -2.28. The van der Waals surface area contributed by atoms with Crippen LogP contribution in [0.1, 0.15) is 418 Å². The molecule has 0 aromatic rings. The minimum atomic E-state index is -4.64. The zero-order valence-electron chi connectivity index (χ0n) is 63.9. The Morgan fingerprint density at radius 1 is 0.337 bits per heavy atom.